The predicted molar refractivity (Wildman–Crippen MR) is 103 cm³/mol. The van der Waals surface area contributed by atoms with E-state index in [0.717, 1.165) is 11.3 Å². The topological polar surface area (TPSA) is 29.5 Å². The minimum Gasteiger partial charge on any atom is -0.508 e. The van der Waals surface area contributed by atoms with Crippen molar-refractivity contribution in [1.29, 1.82) is 0 Å². The Hall–Kier alpha value is -1.23. The molecular formula is C20H23IO2. The Morgan fingerprint density at radius 3 is 2.22 bits per heavy atom. The average molecular weight is 422 g/mol. The largest absolute Gasteiger partial charge is 0.508 e. The minimum atomic E-state index is -0.106. The van der Waals surface area contributed by atoms with E-state index >= 15 is 0 Å². The second-order valence-electron chi connectivity index (χ2n) is 6.98. The predicted octanol–water partition coefficient (Wildman–Crippen LogP) is 6.10. The summed E-state index contributed by atoms with van der Waals surface area (Å²) in [4.78, 5) is 0. The Balaban J connectivity index is 1.96. The van der Waals surface area contributed by atoms with E-state index in [2.05, 4.69) is 38.1 Å². The number of benzene rings is 2. The first kappa shape index (κ1) is 16.6. The fraction of sp³-hybridized carbons (Fsp3) is 0.400. The zero-order chi connectivity index (χ0) is 16.4. The van der Waals surface area contributed by atoms with Crippen molar-refractivity contribution < 1.29 is 8.17 Å². The molecule has 2 nitrogen and oxygen atoms in total. The van der Waals surface area contributed by atoms with Crippen LogP contribution in [0.15, 0.2) is 42.5 Å². The average Bonchev–Trinajstić information content (AvgIpc) is 3.09. The lowest BCUT2D eigenvalue weighted by molar-refractivity contribution is 0.460. The molecular weight excluding hydrogens is 399 g/mol. The fourth-order valence-corrected chi connectivity index (χ4v) is 3.89. The van der Waals surface area contributed by atoms with Gasteiger partial charge in [0.05, 0.1) is 0 Å². The molecule has 3 rings (SSSR count). The molecule has 0 saturated heterocycles. The molecule has 3 heteroatoms. The Bertz CT molecular complexity index is 671. The lowest BCUT2D eigenvalue weighted by atomic mass is 9.77. The van der Waals surface area contributed by atoms with Crippen molar-refractivity contribution in [2.45, 2.75) is 50.9 Å². The smallest absolute Gasteiger partial charge is 0.192 e. The summed E-state index contributed by atoms with van der Waals surface area (Å²) in [5.41, 5.74) is 3.52. The van der Waals surface area contributed by atoms with Gasteiger partial charge in [-0.3, -0.25) is 0 Å². The van der Waals surface area contributed by atoms with Crippen molar-refractivity contribution in [2.24, 2.45) is 0 Å². The highest BCUT2D eigenvalue weighted by atomic mass is 127. The van der Waals surface area contributed by atoms with Crippen LogP contribution in [0.1, 0.15) is 62.1 Å². The van der Waals surface area contributed by atoms with Crippen molar-refractivity contribution in [1.82, 2.24) is 0 Å². The molecule has 2 aromatic rings. The number of aromatic hydroxyl groups is 1. The summed E-state index contributed by atoms with van der Waals surface area (Å²) in [5.74, 6) is 1.83. The van der Waals surface area contributed by atoms with Gasteiger partial charge < -0.3 is 8.17 Å². The van der Waals surface area contributed by atoms with Gasteiger partial charge in [-0.2, -0.15) is 0 Å². The van der Waals surface area contributed by atoms with Crippen LogP contribution >= 0.6 is 23.0 Å². The van der Waals surface area contributed by atoms with Gasteiger partial charge in [0.1, 0.15) is 11.5 Å². The second-order valence-corrected chi connectivity index (χ2v) is 7.42. The van der Waals surface area contributed by atoms with Gasteiger partial charge in [0.25, 0.3) is 0 Å². The summed E-state index contributed by atoms with van der Waals surface area (Å²) in [6.07, 6.45) is 4.93. The van der Waals surface area contributed by atoms with Crippen LogP contribution in [-0.2, 0) is 5.41 Å². The molecule has 0 bridgehead atoms. The number of rotatable bonds is 4. The lowest BCUT2D eigenvalue weighted by Crippen LogP contribution is -2.19. The molecule has 0 spiro atoms. The molecule has 1 saturated carbocycles. The first-order valence-corrected chi connectivity index (χ1v) is 9.13. The first-order chi connectivity index (χ1) is 11.0. The number of hydrogen-bond donors (Lipinski definition) is 1. The van der Waals surface area contributed by atoms with E-state index in [-0.39, 0.29) is 5.41 Å². The molecule has 0 aromatic heterocycles. The SMILES string of the molecule is CC(C)(c1ccc(OI)cc1)c1ccc(O)c(C2CCCC2)c1. The van der Waals surface area contributed by atoms with Crippen LogP contribution in [-0.4, -0.2) is 5.11 Å². The molecule has 0 amide bonds. The summed E-state index contributed by atoms with van der Waals surface area (Å²) >= 11 is 1.90. The maximum absolute atomic E-state index is 10.3. The second kappa shape index (κ2) is 6.71. The van der Waals surface area contributed by atoms with E-state index in [4.69, 9.17) is 3.07 Å². The Morgan fingerprint density at radius 1 is 1.00 bits per heavy atom. The molecule has 0 radical (unpaired) electrons. The number of halogens is 1. The van der Waals surface area contributed by atoms with Crippen molar-refractivity contribution in [3.05, 3.63) is 59.2 Å². The third kappa shape index (κ3) is 3.35. The van der Waals surface area contributed by atoms with Crippen LogP contribution in [0, 0.1) is 0 Å². The summed E-state index contributed by atoms with van der Waals surface area (Å²) in [6, 6.07) is 14.4. The Labute approximate surface area is 152 Å². The van der Waals surface area contributed by atoms with Gasteiger partial charge in [0, 0.05) is 5.41 Å². The van der Waals surface area contributed by atoms with E-state index in [1.165, 1.54) is 36.8 Å². The molecule has 23 heavy (non-hydrogen) atoms. The summed E-state index contributed by atoms with van der Waals surface area (Å²) in [6.45, 7) is 4.47. The summed E-state index contributed by atoms with van der Waals surface area (Å²) in [7, 11) is 0. The van der Waals surface area contributed by atoms with Crippen LogP contribution in [0.2, 0.25) is 0 Å². The van der Waals surface area contributed by atoms with E-state index in [1.54, 1.807) is 0 Å². The van der Waals surface area contributed by atoms with Crippen LogP contribution in [0.5, 0.6) is 11.5 Å². The zero-order valence-electron chi connectivity index (χ0n) is 13.7. The van der Waals surface area contributed by atoms with Crippen LogP contribution in [0.25, 0.3) is 0 Å². The van der Waals surface area contributed by atoms with Gasteiger partial charge in [0.2, 0.25) is 0 Å². The maximum atomic E-state index is 10.3. The molecule has 1 N–H and O–H groups in total. The highest BCUT2D eigenvalue weighted by Gasteiger charge is 2.26. The summed E-state index contributed by atoms with van der Waals surface area (Å²) < 4.78 is 5.23. The van der Waals surface area contributed by atoms with Crippen molar-refractivity contribution in [3.8, 4) is 11.5 Å². The molecule has 0 aliphatic heterocycles. The van der Waals surface area contributed by atoms with Crippen molar-refractivity contribution >= 4 is 23.0 Å². The molecule has 1 aliphatic carbocycles. The van der Waals surface area contributed by atoms with E-state index in [0.29, 0.717) is 11.7 Å². The molecule has 122 valence electrons. The third-order valence-electron chi connectivity index (χ3n) is 5.21. The Morgan fingerprint density at radius 2 is 1.61 bits per heavy atom. The van der Waals surface area contributed by atoms with Crippen LogP contribution in [0.3, 0.4) is 0 Å². The highest BCUT2D eigenvalue weighted by Crippen LogP contribution is 2.41. The number of phenolic OH excluding ortho intramolecular Hbond substituents is 1. The third-order valence-corrected chi connectivity index (χ3v) is 5.72. The van der Waals surface area contributed by atoms with E-state index in [1.807, 2.05) is 41.2 Å². The minimum absolute atomic E-state index is 0.106. The van der Waals surface area contributed by atoms with Gasteiger partial charge in [-0.1, -0.05) is 51.0 Å². The zero-order valence-corrected chi connectivity index (χ0v) is 15.8. The fourth-order valence-electron chi connectivity index (χ4n) is 3.60. The van der Waals surface area contributed by atoms with Gasteiger partial charge >= 0.3 is 0 Å². The standard InChI is InChI=1S/C20H23IO2/c1-20(2,15-7-10-17(23-21)11-8-15)16-9-12-19(22)18(13-16)14-5-3-4-6-14/h7-14,22H,3-6H2,1-2H3. The van der Waals surface area contributed by atoms with Gasteiger partial charge in [0.15, 0.2) is 23.0 Å². The molecule has 2 aromatic carbocycles. The molecule has 0 atom stereocenters. The Kier molecular flexibility index (Phi) is 4.85. The molecule has 1 aliphatic rings. The lowest BCUT2D eigenvalue weighted by Gasteiger charge is -2.27. The molecule has 0 heterocycles. The number of phenols is 1. The first-order valence-electron chi connectivity index (χ1n) is 8.25. The molecule has 1 fully saturated rings. The molecule has 0 unspecified atom stereocenters. The van der Waals surface area contributed by atoms with E-state index in [9.17, 15) is 5.11 Å². The normalized spacial score (nSPS) is 15.8. The quantitative estimate of drug-likeness (QED) is 0.603. The maximum Gasteiger partial charge on any atom is 0.192 e. The summed E-state index contributed by atoms with van der Waals surface area (Å²) in [5, 5.41) is 10.3. The van der Waals surface area contributed by atoms with Gasteiger partial charge in [-0.05, 0) is 53.6 Å². The van der Waals surface area contributed by atoms with E-state index < -0.39 is 0 Å². The van der Waals surface area contributed by atoms with Crippen LogP contribution < -0.4 is 3.07 Å². The van der Waals surface area contributed by atoms with Crippen molar-refractivity contribution in [2.75, 3.05) is 0 Å². The highest BCUT2D eigenvalue weighted by molar-refractivity contribution is 14.1. The number of hydrogen-bond acceptors (Lipinski definition) is 2. The van der Waals surface area contributed by atoms with Gasteiger partial charge in [-0.15, -0.1) is 0 Å². The van der Waals surface area contributed by atoms with Crippen LogP contribution in [0.4, 0.5) is 0 Å². The van der Waals surface area contributed by atoms with Gasteiger partial charge in [-0.25, -0.2) is 0 Å². The van der Waals surface area contributed by atoms with Crippen molar-refractivity contribution in [3.63, 3.8) is 0 Å². The monoisotopic (exact) mass is 422 g/mol.